The van der Waals surface area contributed by atoms with Crippen LogP contribution in [-0.2, 0) is 19.3 Å². The standard InChI is InChI=1S/C12H11BrF3N5/c13-7-1-2-9(8(17)5-7)20-3-4-21-10(6-20)18-19-11(21)12(14,15)16/h1-2,5H,3-4,6,17H2. The SMILES string of the molecule is Nc1cc(Br)ccc1N1CCn2c(nnc2C(F)(F)F)C1. The minimum absolute atomic E-state index is 0.173. The second-order valence-corrected chi connectivity index (χ2v) is 5.63. The minimum Gasteiger partial charge on any atom is -0.397 e. The summed E-state index contributed by atoms with van der Waals surface area (Å²) in [6.45, 7) is 0.835. The van der Waals surface area contributed by atoms with E-state index in [9.17, 15) is 13.2 Å². The Hall–Kier alpha value is -1.77. The van der Waals surface area contributed by atoms with Crippen LogP contribution in [0.5, 0.6) is 0 Å². The van der Waals surface area contributed by atoms with Crippen LogP contribution in [0.25, 0.3) is 0 Å². The van der Waals surface area contributed by atoms with Crippen molar-refractivity contribution in [1.82, 2.24) is 14.8 Å². The van der Waals surface area contributed by atoms with E-state index in [2.05, 4.69) is 26.1 Å². The fourth-order valence-electron chi connectivity index (χ4n) is 2.39. The molecule has 1 aliphatic rings. The normalized spacial score (nSPS) is 15.1. The van der Waals surface area contributed by atoms with Crippen LogP contribution in [-0.4, -0.2) is 21.3 Å². The Morgan fingerprint density at radius 2 is 1.95 bits per heavy atom. The first-order chi connectivity index (χ1) is 9.86. The zero-order valence-electron chi connectivity index (χ0n) is 10.7. The molecular formula is C12H11BrF3N5. The highest BCUT2D eigenvalue weighted by molar-refractivity contribution is 9.10. The number of hydrogen-bond acceptors (Lipinski definition) is 4. The maximum Gasteiger partial charge on any atom is 0.451 e. The highest BCUT2D eigenvalue weighted by atomic mass is 79.9. The second kappa shape index (κ2) is 4.90. The third kappa shape index (κ3) is 2.57. The quantitative estimate of drug-likeness (QED) is 0.793. The first-order valence-electron chi connectivity index (χ1n) is 6.15. The molecule has 1 aromatic heterocycles. The van der Waals surface area contributed by atoms with Gasteiger partial charge in [-0.05, 0) is 18.2 Å². The highest BCUT2D eigenvalue weighted by Gasteiger charge is 2.39. The van der Waals surface area contributed by atoms with Crippen molar-refractivity contribution in [2.75, 3.05) is 17.2 Å². The van der Waals surface area contributed by atoms with Gasteiger partial charge in [0.05, 0.1) is 17.9 Å². The predicted octanol–water partition coefficient (Wildman–Crippen LogP) is 2.66. The Labute approximate surface area is 126 Å². The molecule has 0 fully saturated rings. The molecule has 1 aliphatic heterocycles. The Balaban J connectivity index is 1.90. The summed E-state index contributed by atoms with van der Waals surface area (Å²) in [4.78, 5) is 1.89. The Bertz CT molecular complexity index is 682. The number of anilines is 2. The van der Waals surface area contributed by atoms with Crippen LogP contribution in [0.3, 0.4) is 0 Å². The van der Waals surface area contributed by atoms with Gasteiger partial charge in [0.1, 0.15) is 0 Å². The molecule has 112 valence electrons. The van der Waals surface area contributed by atoms with E-state index in [4.69, 9.17) is 5.73 Å². The van der Waals surface area contributed by atoms with Crippen molar-refractivity contribution >= 4 is 27.3 Å². The Morgan fingerprint density at radius 1 is 1.19 bits per heavy atom. The topological polar surface area (TPSA) is 60.0 Å². The molecule has 0 unspecified atom stereocenters. The molecule has 1 aromatic carbocycles. The van der Waals surface area contributed by atoms with Crippen LogP contribution in [0.15, 0.2) is 22.7 Å². The van der Waals surface area contributed by atoms with Gasteiger partial charge in [-0.1, -0.05) is 15.9 Å². The van der Waals surface area contributed by atoms with E-state index >= 15 is 0 Å². The van der Waals surface area contributed by atoms with Gasteiger partial charge in [-0.15, -0.1) is 10.2 Å². The summed E-state index contributed by atoms with van der Waals surface area (Å²) in [6, 6.07) is 5.43. The van der Waals surface area contributed by atoms with Gasteiger partial charge in [-0.2, -0.15) is 13.2 Å². The van der Waals surface area contributed by atoms with E-state index in [0.29, 0.717) is 12.2 Å². The van der Waals surface area contributed by atoms with E-state index in [1.54, 1.807) is 6.07 Å². The van der Waals surface area contributed by atoms with Crippen molar-refractivity contribution in [2.45, 2.75) is 19.3 Å². The molecule has 9 heteroatoms. The van der Waals surface area contributed by atoms with Crippen LogP contribution in [0.2, 0.25) is 0 Å². The molecule has 0 spiro atoms. The number of fused-ring (bicyclic) bond motifs is 1. The van der Waals surface area contributed by atoms with Crippen molar-refractivity contribution in [2.24, 2.45) is 0 Å². The molecule has 3 rings (SSSR count). The van der Waals surface area contributed by atoms with Gasteiger partial charge in [-0.25, -0.2) is 0 Å². The summed E-state index contributed by atoms with van der Waals surface area (Å²) in [5.41, 5.74) is 7.29. The molecule has 21 heavy (non-hydrogen) atoms. The largest absolute Gasteiger partial charge is 0.451 e. The molecule has 2 aromatic rings. The number of benzene rings is 1. The van der Waals surface area contributed by atoms with E-state index in [1.807, 2.05) is 17.0 Å². The number of nitrogens with zero attached hydrogens (tertiary/aromatic N) is 4. The predicted molar refractivity (Wildman–Crippen MR) is 74.6 cm³/mol. The van der Waals surface area contributed by atoms with Gasteiger partial charge in [0.25, 0.3) is 0 Å². The third-order valence-electron chi connectivity index (χ3n) is 3.34. The summed E-state index contributed by atoms with van der Waals surface area (Å²) in [5.74, 6) is -0.656. The lowest BCUT2D eigenvalue weighted by atomic mass is 10.2. The van der Waals surface area contributed by atoms with E-state index in [0.717, 1.165) is 14.7 Å². The molecule has 0 bridgehead atoms. The monoisotopic (exact) mass is 361 g/mol. The number of rotatable bonds is 1. The van der Waals surface area contributed by atoms with Crippen LogP contribution in [0, 0.1) is 0 Å². The molecule has 0 atom stereocenters. The van der Waals surface area contributed by atoms with Crippen LogP contribution in [0.4, 0.5) is 24.5 Å². The maximum absolute atomic E-state index is 12.8. The zero-order chi connectivity index (χ0) is 15.2. The number of nitrogen functional groups attached to an aromatic ring is 1. The number of nitrogens with two attached hydrogens (primary N) is 1. The molecule has 2 heterocycles. The zero-order valence-corrected chi connectivity index (χ0v) is 12.3. The van der Waals surface area contributed by atoms with Gasteiger partial charge >= 0.3 is 6.18 Å². The van der Waals surface area contributed by atoms with Gasteiger partial charge in [-0.3, -0.25) is 0 Å². The van der Waals surface area contributed by atoms with Crippen LogP contribution < -0.4 is 10.6 Å². The Kier molecular flexibility index (Phi) is 3.31. The van der Waals surface area contributed by atoms with Crippen molar-refractivity contribution in [3.05, 3.63) is 34.3 Å². The van der Waals surface area contributed by atoms with Crippen LogP contribution in [0.1, 0.15) is 11.6 Å². The molecular weight excluding hydrogens is 351 g/mol. The summed E-state index contributed by atoms with van der Waals surface area (Å²) < 4.78 is 40.3. The fourth-order valence-corrected chi connectivity index (χ4v) is 2.77. The molecule has 0 saturated carbocycles. The van der Waals surface area contributed by atoms with Gasteiger partial charge in [0.2, 0.25) is 5.82 Å². The van der Waals surface area contributed by atoms with Gasteiger partial charge < -0.3 is 15.2 Å². The lowest BCUT2D eigenvalue weighted by Gasteiger charge is -2.30. The molecule has 0 aliphatic carbocycles. The molecule has 2 N–H and O–H groups in total. The number of halogens is 4. The Morgan fingerprint density at radius 3 is 2.62 bits per heavy atom. The first-order valence-corrected chi connectivity index (χ1v) is 6.95. The number of aromatic nitrogens is 3. The summed E-state index contributed by atoms with van der Waals surface area (Å²) in [5, 5.41) is 6.90. The first kappa shape index (κ1) is 14.2. The lowest BCUT2D eigenvalue weighted by Crippen LogP contribution is -2.35. The number of alkyl halides is 3. The molecule has 0 amide bonds. The van der Waals surface area contributed by atoms with Crippen LogP contribution >= 0.6 is 15.9 Å². The van der Waals surface area contributed by atoms with Crippen molar-refractivity contribution in [1.29, 1.82) is 0 Å². The van der Waals surface area contributed by atoms with Gasteiger partial charge in [0, 0.05) is 17.6 Å². The van der Waals surface area contributed by atoms with E-state index < -0.39 is 12.0 Å². The molecule has 5 nitrogen and oxygen atoms in total. The highest BCUT2D eigenvalue weighted by Crippen LogP contribution is 2.32. The third-order valence-corrected chi connectivity index (χ3v) is 3.83. The summed E-state index contributed by atoms with van der Waals surface area (Å²) in [6.07, 6.45) is -4.48. The lowest BCUT2D eigenvalue weighted by molar-refractivity contribution is -0.147. The van der Waals surface area contributed by atoms with E-state index in [1.165, 1.54) is 0 Å². The average Bonchev–Trinajstić information content (AvgIpc) is 2.81. The second-order valence-electron chi connectivity index (χ2n) is 4.71. The average molecular weight is 362 g/mol. The molecule has 0 radical (unpaired) electrons. The summed E-state index contributed by atoms with van der Waals surface area (Å²) in [7, 11) is 0. The molecule has 0 saturated heterocycles. The van der Waals surface area contributed by atoms with E-state index in [-0.39, 0.29) is 18.9 Å². The van der Waals surface area contributed by atoms with Crippen molar-refractivity contribution in [3.8, 4) is 0 Å². The minimum atomic E-state index is -4.48. The van der Waals surface area contributed by atoms with Crippen molar-refractivity contribution < 1.29 is 13.2 Å². The smallest absolute Gasteiger partial charge is 0.397 e. The van der Waals surface area contributed by atoms with Gasteiger partial charge in [0.15, 0.2) is 5.82 Å². The fraction of sp³-hybridized carbons (Fsp3) is 0.333. The van der Waals surface area contributed by atoms with Crippen molar-refractivity contribution in [3.63, 3.8) is 0 Å². The summed E-state index contributed by atoms with van der Waals surface area (Å²) >= 11 is 3.32. The number of hydrogen-bond donors (Lipinski definition) is 1. The maximum atomic E-state index is 12.8.